The van der Waals surface area contributed by atoms with E-state index >= 15 is 0 Å². The van der Waals surface area contributed by atoms with Crippen LogP contribution < -0.4 is 0 Å². The van der Waals surface area contributed by atoms with E-state index in [-0.39, 0.29) is 35.4 Å². The first-order chi connectivity index (χ1) is 11.9. The third-order valence-corrected chi connectivity index (χ3v) is 4.03. The molecule has 25 heavy (non-hydrogen) atoms. The van der Waals surface area contributed by atoms with E-state index < -0.39 is 11.7 Å². The molecule has 1 amide bonds. The van der Waals surface area contributed by atoms with Crippen molar-refractivity contribution in [1.82, 2.24) is 9.88 Å². The van der Waals surface area contributed by atoms with Gasteiger partial charge in [0.25, 0.3) is 11.7 Å². The summed E-state index contributed by atoms with van der Waals surface area (Å²) in [6, 6.07) is 5.74. The molecule has 7 heteroatoms. The Bertz CT molecular complexity index is 852. The molecule has 1 saturated heterocycles. The minimum atomic E-state index is -0.728. The van der Waals surface area contributed by atoms with Crippen molar-refractivity contribution in [2.45, 2.75) is 26.3 Å². The number of carbonyl (C=O) groups excluding carboxylic acids is 2. The fourth-order valence-corrected chi connectivity index (χ4v) is 2.61. The third kappa shape index (κ3) is 3.31. The van der Waals surface area contributed by atoms with E-state index in [1.54, 1.807) is 26.0 Å². The molecule has 1 aliphatic rings. The highest BCUT2D eigenvalue weighted by Gasteiger charge is 2.38. The van der Waals surface area contributed by atoms with Gasteiger partial charge in [0.05, 0.1) is 12.1 Å². The van der Waals surface area contributed by atoms with Gasteiger partial charge in [0.2, 0.25) is 0 Å². The van der Waals surface area contributed by atoms with Crippen LogP contribution in [0.5, 0.6) is 0 Å². The van der Waals surface area contributed by atoms with E-state index in [0.717, 1.165) is 5.56 Å². The summed E-state index contributed by atoms with van der Waals surface area (Å²) < 4.78 is 18.2. The van der Waals surface area contributed by atoms with Crippen LogP contribution in [0.2, 0.25) is 0 Å². The number of aliphatic hydroxyl groups excluding tert-OH is 1. The minimum absolute atomic E-state index is 0.0142. The Labute approximate surface area is 143 Å². The highest BCUT2D eigenvalue weighted by molar-refractivity contribution is 6.46. The number of Topliss-reactive ketones (excluding diaryl/α,β-unsaturated/α-hetero) is 1. The number of ketones is 1. The second-order valence-electron chi connectivity index (χ2n) is 6.11. The quantitative estimate of drug-likeness (QED) is 0.523. The van der Waals surface area contributed by atoms with Crippen LogP contribution in [0.3, 0.4) is 0 Å². The normalized spacial score (nSPS) is 16.9. The van der Waals surface area contributed by atoms with E-state index in [4.69, 9.17) is 4.42 Å². The zero-order valence-electron chi connectivity index (χ0n) is 13.8. The molecular formula is C18H17FN2O4. The van der Waals surface area contributed by atoms with Crippen molar-refractivity contribution in [2.75, 3.05) is 6.54 Å². The molecule has 0 spiro atoms. The third-order valence-electron chi connectivity index (χ3n) is 4.03. The molecule has 2 heterocycles. The zero-order valence-corrected chi connectivity index (χ0v) is 13.8. The fraction of sp³-hybridized carbons (Fsp3) is 0.278. The number of likely N-dealkylation sites (tertiary alicyclic amines) is 1. The average molecular weight is 344 g/mol. The minimum Gasteiger partial charge on any atom is -0.505 e. The molecule has 6 nitrogen and oxygen atoms in total. The zero-order chi connectivity index (χ0) is 18.1. The first-order valence-corrected chi connectivity index (χ1v) is 7.83. The average Bonchev–Trinajstić information content (AvgIpc) is 3.15. The van der Waals surface area contributed by atoms with Gasteiger partial charge in [-0.3, -0.25) is 9.59 Å². The van der Waals surface area contributed by atoms with Gasteiger partial charge in [-0.15, -0.1) is 0 Å². The topological polar surface area (TPSA) is 83.6 Å². The van der Waals surface area contributed by atoms with Crippen LogP contribution in [0.25, 0.3) is 5.76 Å². The Hall–Kier alpha value is -2.96. The van der Waals surface area contributed by atoms with E-state index in [1.807, 2.05) is 0 Å². The second kappa shape index (κ2) is 6.51. The van der Waals surface area contributed by atoms with Gasteiger partial charge in [0.15, 0.2) is 11.6 Å². The Kier molecular flexibility index (Phi) is 4.39. The highest BCUT2D eigenvalue weighted by Crippen LogP contribution is 2.24. The Morgan fingerprint density at radius 2 is 2.00 bits per heavy atom. The largest absolute Gasteiger partial charge is 0.505 e. The van der Waals surface area contributed by atoms with Crippen molar-refractivity contribution in [3.8, 4) is 0 Å². The summed E-state index contributed by atoms with van der Waals surface area (Å²) in [6.45, 7) is 3.63. The smallest absolute Gasteiger partial charge is 0.295 e. The van der Waals surface area contributed by atoms with E-state index in [0.29, 0.717) is 12.3 Å². The highest BCUT2D eigenvalue weighted by atomic mass is 19.1. The van der Waals surface area contributed by atoms with E-state index in [9.17, 15) is 19.1 Å². The Balaban J connectivity index is 1.83. The monoisotopic (exact) mass is 344 g/mol. The lowest BCUT2D eigenvalue weighted by molar-refractivity contribution is -0.140. The van der Waals surface area contributed by atoms with Gasteiger partial charge in [-0.05, 0) is 31.5 Å². The summed E-state index contributed by atoms with van der Waals surface area (Å²) in [4.78, 5) is 29.5. The predicted octanol–water partition coefficient (Wildman–Crippen LogP) is 2.49. The molecule has 1 N–H and O–H groups in total. The number of carbonyl (C=O) groups is 2. The van der Waals surface area contributed by atoms with Crippen molar-refractivity contribution in [3.05, 3.63) is 59.1 Å². The summed E-state index contributed by atoms with van der Waals surface area (Å²) in [7, 11) is 0. The number of benzene rings is 1. The Morgan fingerprint density at radius 1 is 1.32 bits per heavy atom. The van der Waals surface area contributed by atoms with Crippen molar-refractivity contribution in [1.29, 1.82) is 0 Å². The summed E-state index contributed by atoms with van der Waals surface area (Å²) in [5.41, 5.74) is 0.902. The van der Waals surface area contributed by atoms with Crippen LogP contribution in [0, 0.1) is 5.82 Å². The van der Waals surface area contributed by atoms with Gasteiger partial charge in [0, 0.05) is 12.5 Å². The number of hydrogen-bond acceptors (Lipinski definition) is 5. The number of aliphatic hydroxyl groups is 1. The first kappa shape index (κ1) is 16.9. The van der Waals surface area contributed by atoms with Gasteiger partial charge >= 0.3 is 0 Å². The molecule has 1 aromatic heterocycles. The van der Waals surface area contributed by atoms with Crippen molar-refractivity contribution in [3.63, 3.8) is 0 Å². The van der Waals surface area contributed by atoms with E-state index in [1.165, 1.54) is 23.3 Å². The van der Waals surface area contributed by atoms with Crippen LogP contribution in [-0.4, -0.2) is 39.3 Å². The molecule has 2 aromatic rings. The molecule has 130 valence electrons. The van der Waals surface area contributed by atoms with Gasteiger partial charge in [-0.2, -0.15) is 0 Å². The van der Waals surface area contributed by atoms with Crippen molar-refractivity contribution < 1.29 is 23.5 Å². The first-order valence-electron chi connectivity index (χ1n) is 7.83. The van der Waals surface area contributed by atoms with Gasteiger partial charge < -0.3 is 14.4 Å². The number of halogens is 1. The molecule has 0 bridgehead atoms. The standard InChI is InChI=1S/C18H17FN2O4/c1-10(2)21-8-13(17(23)18(21)24)16(22)14-9-25-15(20-14)7-11-3-5-12(19)6-4-11/h3-6,9-10,22H,7-8H2,1-2H3. The van der Waals surface area contributed by atoms with Crippen LogP contribution in [-0.2, 0) is 16.0 Å². The lowest BCUT2D eigenvalue weighted by Gasteiger charge is -2.18. The fourth-order valence-electron chi connectivity index (χ4n) is 2.61. The van der Waals surface area contributed by atoms with Gasteiger partial charge in [0.1, 0.15) is 17.8 Å². The molecule has 1 aliphatic heterocycles. The molecule has 0 aliphatic carbocycles. The molecule has 3 rings (SSSR count). The number of rotatable bonds is 4. The summed E-state index contributed by atoms with van der Waals surface area (Å²) in [6.07, 6.45) is 1.55. The Morgan fingerprint density at radius 3 is 2.60 bits per heavy atom. The maximum Gasteiger partial charge on any atom is 0.295 e. The molecule has 0 saturated carbocycles. The lowest BCUT2D eigenvalue weighted by atomic mass is 10.1. The van der Waals surface area contributed by atoms with Crippen molar-refractivity contribution >= 4 is 17.4 Å². The SMILES string of the molecule is CC(C)N1CC(=C(O)c2coc(Cc3ccc(F)cc3)n2)C(=O)C1=O. The number of hydrogen-bond donors (Lipinski definition) is 1. The predicted molar refractivity (Wildman–Crippen MR) is 87.1 cm³/mol. The van der Waals surface area contributed by atoms with Crippen LogP contribution in [0.4, 0.5) is 4.39 Å². The maximum atomic E-state index is 12.9. The molecule has 0 unspecified atom stereocenters. The van der Waals surface area contributed by atoms with Crippen LogP contribution in [0.1, 0.15) is 31.0 Å². The molecule has 0 radical (unpaired) electrons. The van der Waals surface area contributed by atoms with Gasteiger partial charge in [-0.1, -0.05) is 12.1 Å². The number of nitrogens with zero attached hydrogens (tertiary/aromatic N) is 2. The molecule has 1 aromatic carbocycles. The summed E-state index contributed by atoms with van der Waals surface area (Å²) in [5.74, 6) is -1.74. The summed E-state index contributed by atoms with van der Waals surface area (Å²) in [5, 5.41) is 10.3. The van der Waals surface area contributed by atoms with Crippen molar-refractivity contribution in [2.24, 2.45) is 0 Å². The number of aromatic nitrogens is 1. The van der Waals surface area contributed by atoms with Crippen LogP contribution in [0.15, 0.2) is 40.5 Å². The molecular weight excluding hydrogens is 327 g/mol. The molecule has 1 fully saturated rings. The maximum absolute atomic E-state index is 12.9. The molecule has 0 atom stereocenters. The number of oxazole rings is 1. The van der Waals surface area contributed by atoms with E-state index in [2.05, 4.69) is 4.98 Å². The number of amides is 1. The van der Waals surface area contributed by atoms with Crippen LogP contribution >= 0.6 is 0 Å². The lowest BCUT2D eigenvalue weighted by Crippen LogP contribution is -2.33. The second-order valence-corrected chi connectivity index (χ2v) is 6.11. The summed E-state index contributed by atoms with van der Waals surface area (Å²) >= 11 is 0. The van der Waals surface area contributed by atoms with Gasteiger partial charge in [-0.25, -0.2) is 9.37 Å².